The average Bonchev–Trinajstić information content (AvgIpc) is 3.45. The fourth-order valence-electron chi connectivity index (χ4n) is 4.96. The highest BCUT2D eigenvalue weighted by molar-refractivity contribution is 5.96. The lowest BCUT2D eigenvalue weighted by Crippen LogP contribution is -2.24. The first-order valence-electron chi connectivity index (χ1n) is 11.8. The zero-order valence-corrected chi connectivity index (χ0v) is 19.1. The van der Waals surface area contributed by atoms with Gasteiger partial charge in [0.1, 0.15) is 24.0 Å². The summed E-state index contributed by atoms with van der Waals surface area (Å²) in [5.74, 6) is 1.38. The van der Waals surface area contributed by atoms with Crippen molar-refractivity contribution in [2.75, 3.05) is 18.1 Å². The quantitative estimate of drug-likeness (QED) is 0.312. The molecule has 1 fully saturated rings. The van der Waals surface area contributed by atoms with E-state index in [1.807, 2.05) is 42.5 Å². The Morgan fingerprint density at radius 2 is 1.69 bits per heavy atom. The van der Waals surface area contributed by atoms with Crippen molar-refractivity contribution in [3.05, 3.63) is 103 Å². The lowest BCUT2D eigenvalue weighted by molar-refractivity contribution is -0.117. The van der Waals surface area contributed by atoms with Gasteiger partial charge in [-0.1, -0.05) is 48.5 Å². The molecule has 5 aromatic rings. The van der Waals surface area contributed by atoms with Gasteiger partial charge >= 0.3 is 0 Å². The highest BCUT2D eigenvalue weighted by Gasteiger charge is 2.34. The molecule has 1 aliphatic rings. The second kappa shape index (κ2) is 8.87. The Hall–Kier alpha value is -4.19. The van der Waals surface area contributed by atoms with Gasteiger partial charge in [-0.2, -0.15) is 0 Å². The minimum atomic E-state index is -0.315. The number of halogens is 1. The number of rotatable bonds is 6. The van der Waals surface area contributed by atoms with Crippen LogP contribution in [0.15, 0.2) is 91.0 Å². The summed E-state index contributed by atoms with van der Waals surface area (Å²) in [6.07, 6.45) is 0.366. The molecular weight excluding hydrogens is 441 g/mol. The van der Waals surface area contributed by atoms with E-state index in [0.29, 0.717) is 31.8 Å². The summed E-state index contributed by atoms with van der Waals surface area (Å²) in [7, 11) is 0. The highest BCUT2D eigenvalue weighted by atomic mass is 19.1. The van der Waals surface area contributed by atoms with Crippen LogP contribution in [0.3, 0.4) is 0 Å². The lowest BCUT2D eigenvalue weighted by Gasteiger charge is -2.18. The molecule has 0 saturated carbocycles. The number of ether oxygens (including phenoxy) is 1. The molecule has 0 aliphatic carbocycles. The molecule has 1 saturated heterocycles. The molecule has 1 amide bonds. The lowest BCUT2D eigenvalue weighted by atomic mass is 10.1. The van der Waals surface area contributed by atoms with Crippen LogP contribution in [0.4, 0.5) is 10.1 Å². The smallest absolute Gasteiger partial charge is 0.227 e. The van der Waals surface area contributed by atoms with Crippen LogP contribution in [-0.4, -0.2) is 28.6 Å². The van der Waals surface area contributed by atoms with Crippen molar-refractivity contribution in [2.45, 2.75) is 18.9 Å². The number of hydrogen-bond acceptors (Lipinski definition) is 3. The van der Waals surface area contributed by atoms with E-state index in [1.165, 1.54) is 12.1 Å². The predicted molar refractivity (Wildman–Crippen MR) is 135 cm³/mol. The van der Waals surface area contributed by atoms with Gasteiger partial charge in [0.25, 0.3) is 0 Å². The van der Waals surface area contributed by atoms with Crippen LogP contribution in [-0.2, 0) is 11.3 Å². The van der Waals surface area contributed by atoms with Crippen LogP contribution in [0.5, 0.6) is 5.75 Å². The second-order valence-corrected chi connectivity index (χ2v) is 8.82. The van der Waals surface area contributed by atoms with Gasteiger partial charge < -0.3 is 14.2 Å². The molecule has 6 rings (SSSR count). The molecule has 0 bridgehead atoms. The average molecular weight is 466 g/mol. The molecule has 1 aromatic heterocycles. The minimum absolute atomic E-state index is 0.0206. The van der Waals surface area contributed by atoms with E-state index in [1.54, 1.807) is 17.0 Å². The van der Waals surface area contributed by atoms with E-state index >= 15 is 0 Å². The summed E-state index contributed by atoms with van der Waals surface area (Å²) in [5, 5.41) is 2.23. The van der Waals surface area contributed by atoms with Crippen molar-refractivity contribution >= 4 is 33.4 Å². The molecule has 0 spiro atoms. The van der Waals surface area contributed by atoms with Crippen LogP contribution >= 0.6 is 0 Å². The van der Waals surface area contributed by atoms with Gasteiger partial charge in [0.05, 0.1) is 17.6 Å². The maximum atomic E-state index is 13.4. The second-order valence-electron chi connectivity index (χ2n) is 8.82. The van der Waals surface area contributed by atoms with Crippen molar-refractivity contribution in [3.63, 3.8) is 0 Å². The number of carbonyl (C=O) groups is 1. The molecule has 2 heterocycles. The number of hydrogen-bond donors (Lipinski definition) is 0. The number of benzene rings is 4. The first-order chi connectivity index (χ1) is 17.2. The highest BCUT2D eigenvalue weighted by Crippen LogP contribution is 2.33. The fourth-order valence-corrected chi connectivity index (χ4v) is 4.96. The fraction of sp³-hybridized carbons (Fsp3) is 0.172. The summed E-state index contributed by atoms with van der Waals surface area (Å²) < 4.78 is 21.8. The topological polar surface area (TPSA) is 47.4 Å². The zero-order chi connectivity index (χ0) is 23.8. The molecule has 6 heteroatoms. The van der Waals surface area contributed by atoms with Crippen LogP contribution in [0.25, 0.3) is 21.8 Å². The first kappa shape index (κ1) is 21.4. The molecule has 1 aliphatic heterocycles. The Bertz CT molecular complexity index is 1520. The van der Waals surface area contributed by atoms with Crippen molar-refractivity contribution in [2.24, 2.45) is 0 Å². The van der Waals surface area contributed by atoms with E-state index in [2.05, 4.69) is 28.8 Å². The summed E-state index contributed by atoms with van der Waals surface area (Å²) in [5.41, 5.74) is 2.64. The van der Waals surface area contributed by atoms with Crippen LogP contribution in [0, 0.1) is 5.82 Å². The van der Waals surface area contributed by atoms with E-state index in [4.69, 9.17) is 9.72 Å². The van der Waals surface area contributed by atoms with Crippen LogP contribution in [0.2, 0.25) is 0 Å². The molecule has 0 N–H and O–H groups in total. The number of imidazole rings is 1. The Balaban J connectivity index is 1.27. The Morgan fingerprint density at radius 3 is 2.57 bits per heavy atom. The number of fused-ring (bicyclic) bond motifs is 2. The summed E-state index contributed by atoms with van der Waals surface area (Å²) >= 11 is 0. The Labute approximate surface area is 202 Å². The van der Waals surface area contributed by atoms with E-state index in [9.17, 15) is 9.18 Å². The molecule has 35 heavy (non-hydrogen) atoms. The third-order valence-electron chi connectivity index (χ3n) is 6.63. The first-order valence-corrected chi connectivity index (χ1v) is 11.8. The normalized spacial score (nSPS) is 15.9. The van der Waals surface area contributed by atoms with Gasteiger partial charge in [-0.3, -0.25) is 4.79 Å². The van der Waals surface area contributed by atoms with Crippen molar-refractivity contribution in [3.8, 4) is 5.75 Å². The third kappa shape index (κ3) is 4.01. The summed E-state index contributed by atoms with van der Waals surface area (Å²) in [6.45, 7) is 1.60. The largest absolute Gasteiger partial charge is 0.491 e. The van der Waals surface area contributed by atoms with E-state index < -0.39 is 0 Å². The van der Waals surface area contributed by atoms with Crippen LogP contribution in [0.1, 0.15) is 18.2 Å². The number of para-hydroxylation sites is 2. The molecule has 4 aromatic carbocycles. The number of anilines is 1. The monoisotopic (exact) mass is 465 g/mol. The molecule has 5 nitrogen and oxygen atoms in total. The van der Waals surface area contributed by atoms with Gasteiger partial charge in [-0.25, -0.2) is 9.37 Å². The third-order valence-corrected chi connectivity index (χ3v) is 6.63. The van der Waals surface area contributed by atoms with Gasteiger partial charge in [-0.05, 0) is 47.9 Å². The molecule has 1 unspecified atom stereocenters. The van der Waals surface area contributed by atoms with Crippen LogP contribution < -0.4 is 9.64 Å². The van der Waals surface area contributed by atoms with Crippen molar-refractivity contribution in [1.29, 1.82) is 0 Å². The maximum absolute atomic E-state index is 13.4. The number of nitrogens with zero attached hydrogens (tertiary/aromatic N) is 3. The van der Waals surface area contributed by atoms with Gasteiger partial charge in [0.15, 0.2) is 0 Å². The standard InChI is InChI=1S/C29H24FN3O2/c30-22-12-14-23(15-13-22)33-19-21(18-28(33)34)29-31-25-9-3-4-10-26(25)32(29)16-17-35-27-11-5-7-20-6-1-2-8-24(20)27/h1-15,21H,16-19H2. The number of carbonyl (C=O) groups excluding carboxylic acids is 1. The molecule has 0 radical (unpaired) electrons. The molecular formula is C29H24FN3O2. The minimum Gasteiger partial charge on any atom is -0.491 e. The summed E-state index contributed by atoms with van der Waals surface area (Å²) in [6, 6.07) is 28.3. The van der Waals surface area contributed by atoms with Crippen molar-refractivity contribution < 1.29 is 13.9 Å². The number of aromatic nitrogens is 2. The zero-order valence-electron chi connectivity index (χ0n) is 19.1. The van der Waals surface area contributed by atoms with E-state index in [0.717, 1.165) is 33.4 Å². The van der Waals surface area contributed by atoms with Gasteiger partial charge in [0, 0.05) is 30.0 Å². The Kier molecular flexibility index (Phi) is 5.41. The predicted octanol–water partition coefficient (Wildman–Crippen LogP) is 5.93. The van der Waals surface area contributed by atoms with E-state index in [-0.39, 0.29) is 17.6 Å². The van der Waals surface area contributed by atoms with Gasteiger partial charge in [-0.15, -0.1) is 0 Å². The maximum Gasteiger partial charge on any atom is 0.227 e. The molecule has 1 atom stereocenters. The summed E-state index contributed by atoms with van der Waals surface area (Å²) in [4.78, 5) is 19.5. The van der Waals surface area contributed by atoms with Gasteiger partial charge in [0.2, 0.25) is 5.91 Å². The number of amides is 1. The van der Waals surface area contributed by atoms with Crippen molar-refractivity contribution in [1.82, 2.24) is 9.55 Å². The molecule has 174 valence electrons. The Morgan fingerprint density at radius 1 is 0.914 bits per heavy atom. The SMILES string of the molecule is O=C1CC(c2nc3ccccc3n2CCOc2cccc3ccccc23)CN1c1ccc(F)cc1.